The van der Waals surface area contributed by atoms with Gasteiger partial charge in [0.15, 0.2) is 0 Å². The zero-order valence-electron chi connectivity index (χ0n) is 12.4. The smallest absolute Gasteiger partial charge is 0.238 e. The monoisotopic (exact) mass is 297 g/mol. The summed E-state index contributed by atoms with van der Waals surface area (Å²) in [5.74, 6) is 0.0667. The molecule has 0 bridgehead atoms. The molecular weight excluding hydrogens is 274 g/mol. The quantitative estimate of drug-likeness (QED) is 0.896. The first-order valence-electron chi connectivity index (χ1n) is 6.88. The van der Waals surface area contributed by atoms with Crippen molar-refractivity contribution in [2.24, 2.45) is 0 Å². The predicted octanol–water partition coefficient (Wildman–Crippen LogP) is 1.96. The van der Waals surface area contributed by atoms with Gasteiger partial charge in [-0.15, -0.1) is 12.4 Å². The Balaban J connectivity index is 0.00000200. The van der Waals surface area contributed by atoms with E-state index in [2.05, 4.69) is 36.3 Å². The molecule has 1 aromatic rings. The molecule has 112 valence electrons. The third kappa shape index (κ3) is 4.47. The molecule has 2 rings (SSSR count). The SMILES string of the molecule is Cc1ccc(NC(=O)CN2CCNCC2C)cc1C.Cl. The number of carbonyl (C=O) groups excluding carboxylic acids is 1. The average molecular weight is 298 g/mol. The number of rotatable bonds is 3. The first kappa shape index (κ1) is 17.0. The van der Waals surface area contributed by atoms with Gasteiger partial charge in [0.05, 0.1) is 6.54 Å². The second kappa shape index (κ2) is 7.62. The van der Waals surface area contributed by atoms with Gasteiger partial charge in [-0.05, 0) is 44.0 Å². The van der Waals surface area contributed by atoms with E-state index in [1.165, 1.54) is 11.1 Å². The van der Waals surface area contributed by atoms with Crippen LogP contribution >= 0.6 is 12.4 Å². The van der Waals surface area contributed by atoms with E-state index in [1.807, 2.05) is 18.2 Å². The summed E-state index contributed by atoms with van der Waals surface area (Å²) in [6.07, 6.45) is 0. The molecule has 0 spiro atoms. The van der Waals surface area contributed by atoms with E-state index < -0.39 is 0 Å². The second-order valence-corrected chi connectivity index (χ2v) is 5.37. The lowest BCUT2D eigenvalue weighted by Crippen LogP contribution is -2.51. The minimum atomic E-state index is 0. The van der Waals surface area contributed by atoms with Crippen LogP contribution < -0.4 is 10.6 Å². The fourth-order valence-electron chi connectivity index (χ4n) is 2.32. The van der Waals surface area contributed by atoms with E-state index in [0.29, 0.717) is 12.6 Å². The van der Waals surface area contributed by atoms with Crippen LogP contribution in [-0.2, 0) is 4.79 Å². The number of nitrogens with zero attached hydrogens (tertiary/aromatic N) is 1. The maximum atomic E-state index is 12.0. The molecule has 2 N–H and O–H groups in total. The van der Waals surface area contributed by atoms with Crippen molar-refractivity contribution >= 4 is 24.0 Å². The highest BCUT2D eigenvalue weighted by Crippen LogP contribution is 2.14. The standard InChI is InChI=1S/C15H23N3O.ClH/c1-11-4-5-14(8-12(11)2)17-15(19)10-18-7-6-16-9-13(18)3;/h4-5,8,13,16H,6-7,9-10H2,1-3H3,(H,17,19);1H. The van der Waals surface area contributed by atoms with Gasteiger partial charge in [0.1, 0.15) is 0 Å². The number of anilines is 1. The fraction of sp³-hybridized carbons (Fsp3) is 0.533. The number of benzene rings is 1. The van der Waals surface area contributed by atoms with E-state index in [1.54, 1.807) is 0 Å². The molecule has 5 heteroatoms. The summed E-state index contributed by atoms with van der Waals surface area (Å²) < 4.78 is 0. The minimum Gasteiger partial charge on any atom is -0.325 e. The molecule has 1 atom stereocenters. The largest absolute Gasteiger partial charge is 0.325 e. The van der Waals surface area contributed by atoms with Crippen LogP contribution in [0.15, 0.2) is 18.2 Å². The van der Waals surface area contributed by atoms with Crippen LogP contribution in [0.2, 0.25) is 0 Å². The van der Waals surface area contributed by atoms with Crippen LogP contribution in [0, 0.1) is 13.8 Å². The van der Waals surface area contributed by atoms with E-state index in [4.69, 9.17) is 0 Å². The number of aryl methyl sites for hydroxylation is 2. The van der Waals surface area contributed by atoms with Crippen LogP contribution in [0.1, 0.15) is 18.1 Å². The van der Waals surface area contributed by atoms with Gasteiger partial charge in [-0.2, -0.15) is 0 Å². The lowest BCUT2D eigenvalue weighted by atomic mass is 10.1. The van der Waals surface area contributed by atoms with Gasteiger partial charge in [-0.1, -0.05) is 6.07 Å². The summed E-state index contributed by atoms with van der Waals surface area (Å²) >= 11 is 0. The number of piperazine rings is 1. The molecule has 20 heavy (non-hydrogen) atoms. The molecule has 1 fully saturated rings. The Morgan fingerprint density at radius 1 is 1.40 bits per heavy atom. The number of amides is 1. The highest BCUT2D eigenvalue weighted by Gasteiger charge is 2.20. The third-order valence-electron chi connectivity index (χ3n) is 3.78. The minimum absolute atomic E-state index is 0. The summed E-state index contributed by atoms with van der Waals surface area (Å²) in [7, 11) is 0. The Labute approximate surface area is 127 Å². The van der Waals surface area contributed by atoms with Gasteiger partial charge < -0.3 is 10.6 Å². The van der Waals surface area contributed by atoms with E-state index >= 15 is 0 Å². The van der Waals surface area contributed by atoms with Gasteiger partial charge in [-0.3, -0.25) is 9.69 Å². The number of nitrogens with one attached hydrogen (secondary N) is 2. The Kier molecular flexibility index (Phi) is 6.46. The van der Waals surface area contributed by atoms with Crippen LogP contribution in [0.5, 0.6) is 0 Å². The van der Waals surface area contributed by atoms with Crippen molar-refractivity contribution in [3.8, 4) is 0 Å². The van der Waals surface area contributed by atoms with E-state index in [-0.39, 0.29) is 18.3 Å². The zero-order chi connectivity index (χ0) is 13.8. The van der Waals surface area contributed by atoms with Crippen molar-refractivity contribution in [2.75, 3.05) is 31.5 Å². The van der Waals surface area contributed by atoms with Crippen molar-refractivity contribution in [2.45, 2.75) is 26.8 Å². The van der Waals surface area contributed by atoms with Crippen molar-refractivity contribution in [3.05, 3.63) is 29.3 Å². The molecule has 4 nitrogen and oxygen atoms in total. The number of hydrogen-bond donors (Lipinski definition) is 2. The predicted molar refractivity (Wildman–Crippen MR) is 85.7 cm³/mol. The van der Waals surface area contributed by atoms with Crippen LogP contribution in [0.25, 0.3) is 0 Å². The molecule has 1 aromatic carbocycles. The van der Waals surface area contributed by atoms with Crippen LogP contribution in [-0.4, -0.2) is 43.0 Å². The van der Waals surface area contributed by atoms with Crippen LogP contribution in [0.4, 0.5) is 5.69 Å². The van der Waals surface area contributed by atoms with Gasteiger partial charge in [0.2, 0.25) is 5.91 Å². The van der Waals surface area contributed by atoms with E-state index in [9.17, 15) is 4.79 Å². The lowest BCUT2D eigenvalue weighted by molar-refractivity contribution is -0.118. The average Bonchev–Trinajstić information content (AvgIpc) is 2.37. The Morgan fingerprint density at radius 2 is 2.15 bits per heavy atom. The Bertz CT molecular complexity index is 464. The molecule has 0 radical (unpaired) electrons. The summed E-state index contributed by atoms with van der Waals surface area (Å²) in [5, 5.41) is 6.30. The second-order valence-electron chi connectivity index (χ2n) is 5.37. The highest BCUT2D eigenvalue weighted by atomic mass is 35.5. The maximum Gasteiger partial charge on any atom is 0.238 e. The molecule has 0 aromatic heterocycles. The lowest BCUT2D eigenvalue weighted by Gasteiger charge is -2.33. The normalized spacial score (nSPS) is 19.2. The third-order valence-corrected chi connectivity index (χ3v) is 3.78. The van der Waals surface area contributed by atoms with Gasteiger partial charge >= 0.3 is 0 Å². The Hall–Kier alpha value is -1.10. The molecule has 1 aliphatic heterocycles. The molecular formula is C15H24ClN3O. The number of carbonyl (C=O) groups is 1. The summed E-state index contributed by atoms with van der Waals surface area (Å²) in [4.78, 5) is 14.3. The number of halogens is 1. The zero-order valence-corrected chi connectivity index (χ0v) is 13.2. The molecule has 0 saturated carbocycles. The summed E-state index contributed by atoms with van der Waals surface area (Å²) in [5.41, 5.74) is 3.33. The van der Waals surface area contributed by atoms with Crippen molar-refractivity contribution in [1.29, 1.82) is 0 Å². The summed E-state index contributed by atoms with van der Waals surface area (Å²) in [6, 6.07) is 6.44. The molecule has 1 aliphatic rings. The van der Waals surface area contributed by atoms with Crippen molar-refractivity contribution < 1.29 is 4.79 Å². The first-order valence-corrected chi connectivity index (χ1v) is 6.88. The highest BCUT2D eigenvalue weighted by molar-refractivity contribution is 5.92. The molecule has 0 aliphatic carbocycles. The molecule has 1 saturated heterocycles. The maximum absolute atomic E-state index is 12.0. The fourth-order valence-corrected chi connectivity index (χ4v) is 2.32. The molecule has 1 heterocycles. The number of hydrogen-bond acceptors (Lipinski definition) is 3. The van der Waals surface area contributed by atoms with Crippen LogP contribution in [0.3, 0.4) is 0 Å². The molecule has 1 unspecified atom stereocenters. The molecule has 1 amide bonds. The van der Waals surface area contributed by atoms with E-state index in [0.717, 1.165) is 25.3 Å². The van der Waals surface area contributed by atoms with Gasteiger partial charge in [0.25, 0.3) is 0 Å². The van der Waals surface area contributed by atoms with Gasteiger partial charge in [-0.25, -0.2) is 0 Å². The van der Waals surface area contributed by atoms with Crippen molar-refractivity contribution in [3.63, 3.8) is 0 Å². The summed E-state index contributed by atoms with van der Waals surface area (Å²) in [6.45, 7) is 9.59. The Morgan fingerprint density at radius 3 is 2.80 bits per heavy atom. The van der Waals surface area contributed by atoms with Crippen molar-refractivity contribution in [1.82, 2.24) is 10.2 Å². The van der Waals surface area contributed by atoms with Gasteiger partial charge in [0, 0.05) is 31.4 Å². The first-order chi connectivity index (χ1) is 9.06. The topological polar surface area (TPSA) is 44.4 Å².